The van der Waals surface area contributed by atoms with E-state index in [4.69, 9.17) is 10.8 Å². The molecule has 0 aromatic heterocycles. The van der Waals surface area contributed by atoms with Crippen LogP contribution in [-0.4, -0.2) is 11.9 Å². The van der Waals surface area contributed by atoms with Gasteiger partial charge in [-0.2, -0.15) is 0 Å². The first-order valence-electron chi connectivity index (χ1n) is 5.91. The zero-order valence-electron chi connectivity index (χ0n) is 9.74. The Morgan fingerprint density at radius 2 is 2.00 bits per heavy atom. The molecule has 0 amide bonds. The Hall–Kier alpha value is -1.35. The largest absolute Gasteiger partial charge is 0.308 e. The molecule has 1 aromatic carbocycles. The fourth-order valence-electron chi connectivity index (χ4n) is 2.24. The lowest BCUT2D eigenvalue weighted by Gasteiger charge is -2.11. The van der Waals surface area contributed by atoms with Crippen LogP contribution in [-0.2, 0) is 0 Å². The van der Waals surface area contributed by atoms with Gasteiger partial charge in [0, 0.05) is 5.56 Å². The first kappa shape index (κ1) is 11.1. The van der Waals surface area contributed by atoms with Gasteiger partial charge in [-0.15, -0.1) is 0 Å². The van der Waals surface area contributed by atoms with E-state index in [0.29, 0.717) is 6.04 Å². The van der Waals surface area contributed by atoms with Crippen LogP contribution in [0.15, 0.2) is 29.3 Å². The minimum atomic E-state index is 0.450. The van der Waals surface area contributed by atoms with E-state index in [-0.39, 0.29) is 0 Å². The van der Waals surface area contributed by atoms with Gasteiger partial charge in [-0.3, -0.25) is 4.99 Å². The zero-order valence-corrected chi connectivity index (χ0v) is 9.74. The van der Waals surface area contributed by atoms with Gasteiger partial charge < -0.3 is 5.43 Å². The summed E-state index contributed by atoms with van der Waals surface area (Å²) in [6, 6.07) is 8.64. The Balaban J connectivity index is 2.24. The summed E-state index contributed by atoms with van der Waals surface area (Å²) >= 11 is 0. The van der Waals surface area contributed by atoms with Crippen LogP contribution in [0.25, 0.3) is 0 Å². The molecular formula is C13H19N3. The molecule has 86 valence electrons. The Morgan fingerprint density at radius 1 is 1.31 bits per heavy atom. The van der Waals surface area contributed by atoms with E-state index in [1.165, 1.54) is 31.2 Å². The Morgan fingerprint density at radius 3 is 2.62 bits per heavy atom. The number of nitrogens with one attached hydrogen (secondary N) is 1. The van der Waals surface area contributed by atoms with E-state index >= 15 is 0 Å². The molecule has 2 rings (SSSR count). The maximum atomic E-state index is 5.57. The molecule has 3 nitrogen and oxygen atoms in total. The number of benzene rings is 1. The minimum absolute atomic E-state index is 0.450. The van der Waals surface area contributed by atoms with E-state index in [1.54, 1.807) is 0 Å². The number of nitrogens with zero attached hydrogens (tertiary/aromatic N) is 1. The van der Waals surface area contributed by atoms with Gasteiger partial charge in [0.05, 0.1) is 6.04 Å². The minimum Gasteiger partial charge on any atom is -0.308 e. The van der Waals surface area contributed by atoms with Crippen LogP contribution in [0.2, 0.25) is 0 Å². The third-order valence-electron chi connectivity index (χ3n) is 3.17. The lowest BCUT2D eigenvalue weighted by molar-refractivity contribution is 0.700. The van der Waals surface area contributed by atoms with Gasteiger partial charge >= 0.3 is 0 Å². The first-order valence-corrected chi connectivity index (χ1v) is 5.91. The highest BCUT2D eigenvalue weighted by Crippen LogP contribution is 2.21. The first-order chi connectivity index (χ1) is 7.81. The Labute approximate surface area is 96.7 Å². The van der Waals surface area contributed by atoms with Gasteiger partial charge in [0.15, 0.2) is 0 Å². The van der Waals surface area contributed by atoms with Crippen LogP contribution in [0.5, 0.6) is 0 Å². The van der Waals surface area contributed by atoms with Crippen LogP contribution < -0.4 is 11.3 Å². The number of aliphatic imine (C=N–C) groups is 1. The molecule has 3 heteroatoms. The van der Waals surface area contributed by atoms with Gasteiger partial charge in [-0.25, -0.2) is 5.84 Å². The molecule has 1 aliphatic rings. The number of hydrogen-bond acceptors (Lipinski definition) is 2. The van der Waals surface area contributed by atoms with Crippen molar-refractivity contribution in [3.63, 3.8) is 0 Å². The van der Waals surface area contributed by atoms with Crippen molar-refractivity contribution in [1.29, 1.82) is 0 Å². The van der Waals surface area contributed by atoms with Gasteiger partial charge in [0.1, 0.15) is 5.84 Å². The highest BCUT2D eigenvalue weighted by atomic mass is 15.3. The molecule has 0 saturated heterocycles. The molecule has 0 unspecified atom stereocenters. The maximum Gasteiger partial charge on any atom is 0.143 e. The third kappa shape index (κ3) is 2.42. The standard InChI is InChI=1S/C13H19N3/c1-10-6-2-5-9-12(10)13(16-14)15-11-7-3-4-8-11/h2,5-6,9,11H,3-4,7-8,14H2,1H3,(H,15,16). The van der Waals surface area contributed by atoms with Crippen LogP contribution >= 0.6 is 0 Å². The van der Waals surface area contributed by atoms with Crippen LogP contribution in [0.1, 0.15) is 36.8 Å². The van der Waals surface area contributed by atoms with E-state index in [2.05, 4.69) is 24.5 Å². The molecule has 16 heavy (non-hydrogen) atoms. The number of aryl methyl sites for hydroxylation is 1. The van der Waals surface area contributed by atoms with Crippen molar-refractivity contribution in [2.45, 2.75) is 38.6 Å². The number of hydrazine groups is 1. The fourth-order valence-corrected chi connectivity index (χ4v) is 2.24. The van der Waals surface area contributed by atoms with Crippen LogP contribution in [0.3, 0.4) is 0 Å². The van der Waals surface area contributed by atoms with Crippen molar-refractivity contribution >= 4 is 5.84 Å². The number of amidine groups is 1. The summed E-state index contributed by atoms with van der Waals surface area (Å²) in [6.07, 6.45) is 4.97. The summed E-state index contributed by atoms with van der Waals surface area (Å²) in [5.74, 6) is 6.40. The van der Waals surface area contributed by atoms with Crippen molar-refractivity contribution in [3.8, 4) is 0 Å². The van der Waals surface area contributed by atoms with Crippen molar-refractivity contribution in [2.24, 2.45) is 10.8 Å². The second-order valence-electron chi connectivity index (χ2n) is 4.38. The monoisotopic (exact) mass is 217 g/mol. The smallest absolute Gasteiger partial charge is 0.143 e. The van der Waals surface area contributed by atoms with Crippen molar-refractivity contribution in [1.82, 2.24) is 5.43 Å². The van der Waals surface area contributed by atoms with Gasteiger partial charge in [0.2, 0.25) is 0 Å². The second kappa shape index (κ2) is 5.12. The quantitative estimate of drug-likeness (QED) is 0.345. The van der Waals surface area contributed by atoms with Gasteiger partial charge in [0.25, 0.3) is 0 Å². The van der Waals surface area contributed by atoms with Crippen molar-refractivity contribution in [3.05, 3.63) is 35.4 Å². The second-order valence-corrected chi connectivity index (χ2v) is 4.38. The van der Waals surface area contributed by atoms with Crippen LogP contribution in [0, 0.1) is 6.92 Å². The number of hydrogen-bond donors (Lipinski definition) is 2. The van der Waals surface area contributed by atoms with Crippen LogP contribution in [0.4, 0.5) is 0 Å². The molecule has 1 saturated carbocycles. The van der Waals surface area contributed by atoms with Crippen molar-refractivity contribution in [2.75, 3.05) is 0 Å². The van der Waals surface area contributed by atoms with E-state index in [1.807, 2.05) is 12.1 Å². The van der Waals surface area contributed by atoms with Crippen molar-refractivity contribution < 1.29 is 0 Å². The molecule has 1 aliphatic carbocycles. The SMILES string of the molecule is Cc1ccccc1C(=NC1CCCC1)NN. The molecule has 0 heterocycles. The highest BCUT2D eigenvalue weighted by Gasteiger charge is 2.15. The average molecular weight is 217 g/mol. The summed E-state index contributed by atoms with van der Waals surface area (Å²) in [6.45, 7) is 2.08. The van der Waals surface area contributed by atoms with Gasteiger partial charge in [-0.05, 0) is 25.3 Å². The topological polar surface area (TPSA) is 50.4 Å². The average Bonchev–Trinajstić information content (AvgIpc) is 2.80. The molecule has 0 bridgehead atoms. The zero-order chi connectivity index (χ0) is 11.4. The fraction of sp³-hybridized carbons (Fsp3) is 0.462. The highest BCUT2D eigenvalue weighted by molar-refractivity contribution is 5.99. The molecule has 0 spiro atoms. The molecule has 3 N–H and O–H groups in total. The Bertz CT molecular complexity index is 379. The molecular weight excluding hydrogens is 198 g/mol. The molecule has 0 atom stereocenters. The molecule has 0 aliphatic heterocycles. The van der Waals surface area contributed by atoms with E-state index < -0.39 is 0 Å². The normalized spacial score (nSPS) is 17.8. The van der Waals surface area contributed by atoms with E-state index in [9.17, 15) is 0 Å². The lowest BCUT2D eigenvalue weighted by Crippen LogP contribution is -2.32. The third-order valence-corrected chi connectivity index (χ3v) is 3.17. The van der Waals surface area contributed by atoms with Gasteiger partial charge in [-0.1, -0.05) is 37.1 Å². The Kier molecular flexibility index (Phi) is 3.57. The molecule has 1 aromatic rings. The summed E-state index contributed by atoms with van der Waals surface area (Å²) in [4.78, 5) is 4.71. The van der Waals surface area contributed by atoms with E-state index in [0.717, 1.165) is 11.4 Å². The predicted octanol–water partition coefficient (Wildman–Crippen LogP) is 2.15. The summed E-state index contributed by atoms with van der Waals surface area (Å²) in [5, 5.41) is 0. The lowest BCUT2D eigenvalue weighted by atomic mass is 10.1. The summed E-state index contributed by atoms with van der Waals surface area (Å²) in [7, 11) is 0. The molecule has 0 radical (unpaired) electrons. The summed E-state index contributed by atoms with van der Waals surface area (Å²) in [5.41, 5.74) is 5.05. The molecule has 1 fully saturated rings. The number of nitrogens with two attached hydrogens (primary N) is 1. The number of rotatable bonds is 2. The summed E-state index contributed by atoms with van der Waals surface area (Å²) < 4.78 is 0. The maximum absolute atomic E-state index is 5.57. The predicted molar refractivity (Wildman–Crippen MR) is 67.3 cm³/mol.